The van der Waals surface area contributed by atoms with Gasteiger partial charge in [-0.05, 0) is 41.8 Å². The quantitative estimate of drug-likeness (QED) is 0.155. The molecule has 4 N–H and O–H groups in total. The molecule has 42 heavy (non-hydrogen) atoms. The maximum absolute atomic E-state index is 13.5. The number of thiophene rings is 1. The van der Waals surface area contributed by atoms with Crippen LogP contribution in [0.2, 0.25) is 0 Å². The number of methoxy groups -OCH3 is 2. The summed E-state index contributed by atoms with van der Waals surface area (Å²) < 4.78 is 40.3. The Labute approximate surface area is 247 Å². The Bertz CT molecular complexity index is 1790. The van der Waals surface area contributed by atoms with Crippen LogP contribution in [-0.2, 0) is 21.4 Å². The fraction of sp³-hybridized carbons (Fsp3) is 0.138. The molecule has 0 saturated heterocycles. The highest BCUT2D eigenvalue weighted by atomic mass is 32.2. The smallest absolute Gasteiger partial charge is 0.263 e. The molecule has 11 nitrogen and oxygen atoms in total. The Hall–Kier alpha value is -4.72. The number of fused-ring (bicyclic) bond motifs is 1. The molecule has 0 aliphatic carbocycles. The van der Waals surface area contributed by atoms with Crippen LogP contribution < -0.4 is 30.1 Å². The monoisotopic (exact) mass is 604 g/mol. The Balaban J connectivity index is 1.38. The van der Waals surface area contributed by atoms with Crippen molar-refractivity contribution >= 4 is 61.3 Å². The van der Waals surface area contributed by atoms with E-state index in [0.717, 1.165) is 4.88 Å². The number of carbonyl (C=O) groups is 1. The van der Waals surface area contributed by atoms with Crippen molar-refractivity contribution in [2.75, 3.05) is 36.1 Å². The fourth-order valence-corrected chi connectivity index (χ4v) is 5.75. The first-order chi connectivity index (χ1) is 20.3. The van der Waals surface area contributed by atoms with E-state index >= 15 is 0 Å². The molecule has 0 saturated carbocycles. The van der Waals surface area contributed by atoms with Crippen LogP contribution in [0.25, 0.3) is 11.0 Å². The van der Waals surface area contributed by atoms with Crippen LogP contribution in [0.3, 0.4) is 0 Å². The topological polar surface area (TPSA) is 144 Å². The van der Waals surface area contributed by atoms with E-state index in [2.05, 4.69) is 30.6 Å². The summed E-state index contributed by atoms with van der Waals surface area (Å²) in [5, 5.41) is 10.9. The molecule has 216 valence electrons. The molecule has 0 unspecified atom stereocenters. The molecule has 2 aromatic heterocycles. The number of rotatable bonds is 12. The van der Waals surface area contributed by atoms with Crippen molar-refractivity contribution in [2.45, 2.75) is 11.4 Å². The van der Waals surface area contributed by atoms with Crippen molar-refractivity contribution in [3.8, 4) is 11.5 Å². The fourth-order valence-electron chi connectivity index (χ4n) is 4.02. The third-order valence-corrected chi connectivity index (χ3v) is 8.22. The van der Waals surface area contributed by atoms with E-state index in [0.29, 0.717) is 40.5 Å². The van der Waals surface area contributed by atoms with E-state index in [-0.39, 0.29) is 29.0 Å². The minimum Gasteiger partial charge on any atom is -0.497 e. The first kappa shape index (κ1) is 28.8. The SMILES string of the molecule is COc1cc(Nc2nc3ccccc3nc2NS(=O)(=O)c2cccc(NC(=O)CNCc3cccs3)c2)cc(OC)c1. The zero-order chi connectivity index (χ0) is 29.5. The number of nitrogens with zero attached hydrogens (tertiary/aromatic N) is 2. The number of carbonyl (C=O) groups excluding carboxylic acids is 1. The summed E-state index contributed by atoms with van der Waals surface area (Å²) in [5.74, 6) is 0.938. The summed E-state index contributed by atoms with van der Waals surface area (Å²) in [6, 6.07) is 22.2. The summed E-state index contributed by atoms with van der Waals surface area (Å²) in [5.41, 5.74) is 1.95. The van der Waals surface area contributed by atoms with E-state index in [1.54, 1.807) is 59.9 Å². The molecule has 5 rings (SSSR count). The van der Waals surface area contributed by atoms with Crippen LogP contribution in [0.1, 0.15) is 4.88 Å². The number of hydrogen-bond donors (Lipinski definition) is 4. The third-order valence-electron chi connectivity index (χ3n) is 6.01. The maximum atomic E-state index is 13.5. The lowest BCUT2D eigenvalue weighted by Crippen LogP contribution is -2.27. The molecule has 0 spiro atoms. The van der Waals surface area contributed by atoms with Crippen LogP contribution in [0, 0.1) is 0 Å². The minimum absolute atomic E-state index is 0.0114. The largest absolute Gasteiger partial charge is 0.497 e. The maximum Gasteiger partial charge on any atom is 0.263 e. The van der Waals surface area contributed by atoms with Crippen LogP contribution in [0.4, 0.5) is 23.0 Å². The molecular formula is C29H28N6O5S2. The number of amides is 1. The van der Waals surface area contributed by atoms with Gasteiger partial charge in [-0.25, -0.2) is 18.4 Å². The first-order valence-electron chi connectivity index (χ1n) is 12.8. The Kier molecular flexibility index (Phi) is 8.81. The lowest BCUT2D eigenvalue weighted by molar-refractivity contribution is -0.115. The Morgan fingerprint density at radius 2 is 1.55 bits per heavy atom. The molecule has 0 aliphatic heterocycles. The molecule has 0 aliphatic rings. The molecular weight excluding hydrogens is 576 g/mol. The van der Waals surface area contributed by atoms with Gasteiger partial charge in [-0.3, -0.25) is 9.52 Å². The lowest BCUT2D eigenvalue weighted by Gasteiger charge is -2.15. The van der Waals surface area contributed by atoms with Gasteiger partial charge in [0.2, 0.25) is 5.91 Å². The van der Waals surface area contributed by atoms with Crippen molar-refractivity contribution < 1.29 is 22.7 Å². The van der Waals surface area contributed by atoms with E-state index in [1.807, 2.05) is 23.6 Å². The Morgan fingerprint density at radius 1 is 0.833 bits per heavy atom. The zero-order valence-corrected chi connectivity index (χ0v) is 24.4. The molecule has 2 heterocycles. The standard InChI is InChI=1S/C29H28N6O5S2/c1-39-21-13-20(14-22(16-21)40-2)32-28-29(34-26-11-4-3-10-25(26)33-28)35-42(37,38)24-9-5-7-19(15-24)31-27(36)18-30-17-23-8-6-12-41-23/h3-16,30H,17-18H2,1-2H3,(H,31,36)(H,32,33)(H,34,35). The number of hydrogen-bond acceptors (Lipinski definition) is 10. The number of anilines is 4. The van der Waals surface area contributed by atoms with Gasteiger partial charge in [0.1, 0.15) is 11.5 Å². The van der Waals surface area contributed by atoms with Crippen molar-refractivity contribution in [3.63, 3.8) is 0 Å². The highest BCUT2D eigenvalue weighted by Crippen LogP contribution is 2.31. The first-order valence-corrected chi connectivity index (χ1v) is 15.1. The van der Waals surface area contributed by atoms with Crippen LogP contribution in [0.15, 0.2) is 89.1 Å². The number of para-hydroxylation sites is 2. The second kappa shape index (κ2) is 12.9. The molecule has 1 amide bonds. The molecule has 0 bridgehead atoms. The summed E-state index contributed by atoms with van der Waals surface area (Å²) in [6.45, 7) is 0.638. The van der Waals surface area contributed by atoms with Crippen LogP contribution >= 0.6 is 11.3 Å². The van der Waals surface area contributed by atoms with Gasteiger partial charge in [-0.15, -0.1) is 11.3 Å². The van der Waals surface area contributed by atoms with E-state index < -0.39 is 10.0 Å². The van der Waals surface area contributed by atoms with Gasteiger partial charge in [0, 0.05) is 41.0 Å². The second-order valence-corrected chi connectivity index (χ2v) is 11.7. The number of benzene rings is 3. The third kappa shape index (κ3) is 7.13. The van der Waals surface area contributed by atoms with Gasteiger partial charge in [0.05, 0.1) is 36.7 Å². The lowest BCUT2D eigenvalue weighted by atomic mass is 10.2. The van der Waals surface area contributed by atoms with E-state index in [1.165, 1.54) is 26.4 Å². The normalized spacial score (nSPS) is 11.2. The summed E-state index contributed by atoms with van der Waals surface area (Å²) in [6.07, 6.45) is 0. The highest BCUT2D eigenvalue weighted by molar-refractivity contribution is 7.92. The van der Waals surface area contributed by atoms with Crippen molar-refractivity contribution in [1.82, 2.24) is 15.3 Å². The number of aromatic nitrogens is 2. The summed E-state index contributed by atoms with van der Waals surface area (Å²) >= 11 is 1.60. The number of ether oxygens (including phenoxy) is 2. The van der Waals surface area contributed by atoms with Gasteiger partial charge in [0.15, 0.2) is 11.6 Å². The van der Waals surface area contributed by atoms with Crippen LogP contribution in [-0.4, -0.2) is 45.1 Å². The van der Waals surface area contributed by atoms with Crippen molar-refractivity contribution in [1.29, 1.82) is 0 Å². The molecule has 13 heteroatoms. The number of nitrogens with one attached hydrogen (secondary N) is 4. The average molecular weight is 605 g/mol. The van der Waals surface area contributed by atoms with Crippen molar-refractivity contribution in [3.05, 3.63) is 89.1 Å². The van der Waals surface area contributed by atoms with Gasteiger partial charge >= 0.3 is 0 Å². The van der Waals surface area contributed by atoms with E-state index in [4.69, 9.17) is 9.47 Å². The zero-order valence-electron chi connectivity index (χ0n) is 22.7. The molecule has 5 aromatic rings. The van der Waals surface area contributed by atoms with Gasteiger partial charge < -0.3 is 25.4 Å². The van der Waals surface area contributed by atoms with Gasteiger partial charge in [-0.1, -0.05) is 24.3 Å². The molecule has 0 radical (unpaired) electrons. The average Bonchev–Trinajstić information content (AvgIpc) is 3.51. The summed E-state index contributed by atoms with van der Waals surface area (Å²) in [7, 11) is -1.07. The minimum atomic E-state index is -4.13. The highest BCUT2D eigenvalue weighted by Gasteiger charge is 2.20. The number of sulfonamides is 1. The molecule has 0 atom stereocenters. The van der Waals surface area contributed by atoms with Gasteiger partial charge in [-0.2, -0.15) is 0 Å². The predicted octanol–water partition coefficient (Wildman–Crippen LogP) is 4.98. The van der Waals surface area contributed by atoms with E-state index in [9.17, 15) is 13.2 Å². The molecule has 3 aromatic carbocycles. The summed E-state index contributed by atoms with van der Waals surface area (Å²) in [4.78, 5) is 22.7. The van der Waals surface area contributed by atoms with Crippen molar-refractivity contribution in [2.24, 2.45) is 0 Å². The molecule has 0 fully saturated rings. The second-order valence-electron chi connectivity index (χ2n) is 9.00. The Morgan fingerprint density at radius 3 is 2.21 bits per heavy atom. The predicted molar refractivity (Wildman–Crippen MR) is 164 cm³/mol. The van der Waals surface area contributed by atoms with Crippen LogP contribution in [0.5, 0.6) is 11.5 Å². The van der Waals surface area contributed by atoms with Gasteiger partial charge in [0.25, 0.3) is 10.0 Å².